The fourth-order valence-corrected chi connectivity index (χ4v) is 4.24. The Morgan fingerprint density at radius 2 is 1.83 bits per heavy atom. The van der Waals surface area contributed by atoms with Crippen LogP contribution in [0.3, 0.4) is 0 Å². The van der Waals surface area contributed by atoms with Crippen molar-refractivity contribution in [1.82, 2.24) is 5.32 Å². The lowest BCUT2D eigenvalue weighted by molar-refractivity contribution is -0.113. The van der Waals surface area contributed by atoms with Crippen LogP contribution in [-0.4, -0.2) is 11.7 Å². The molecule has 1 aliphatic rings. The molecule has 4 N–H and O–H groups in total. The lowest BCUT2D eigenvalue weighted by Crippen LogP contribution is -2.30. The van der Waals surface area contributed by atoms with Crippen LogP contribution in [-0.2, 0) is 4.79 Å². The summed E-state index contributed by atoms with van der Waals surface area (Å²) in [6.07, 6.45) is 0. The molecule has 0 aliphatic carbocycles. The summed E-state index contributed by atoms with van der Waals surface area (Å²) in [7, 11) is 0. The molecule has 6 nitrogen and oxygen atoms in total. The zero-order valence-electron chi connectivity index (χ0n) is 16.1. The number of amides is 1. The van der Waals surface area contributed by atoms with Crippen molar-refractivity contribution in [3.63, 3.8) is 0 Å². The number of carbonyl (C=O) groups excluding carboxylic acids is 1. The highest BCUT2D eigenvalue weighted by atomic mass is 79.9. The molecule has 1 aliphatic heterocycles. The van der Waals surface area contributed by atoms with Gasteiger partial charge in [-0.3, -0.25) is 4.79 Å². The van der Waals surface area contributed by atoms with Gasteiger partial charge >= 0.3 is 0 Å². The standard InChI is InChI=1S/C22H18BrN5OS/c1-13-4-2-3-5-16(13)20-17(10-24)21(26)28-22(18(20)11-25)30-12-19(29)27-15-8-6-14(23)7-9-15/h2-9,20,28H,12,26H2,1H3,(H,27,29)/t20-/m1/s1. The number of nitriles is 2. The van der Waals surface area contributed by atoms with Crippen LogP contribution in [0.5, 0.6) is 0 Å². The predicted octanol–water partition coefficient (Wildman–Crippen LogP) is 4.25. The van der Waals surface area contributed by atoms with Crippen LogP contribution >= 0.6 is 27.7 Å². The first-order valence-corrected chi connectivity index (χ1v) is 10.8. The third kappa shape index (κ3) is 4.68. The van der Waals surface area contributed by atoms with Gasteiger partial charge in [-0.15, -0.1) is 0 Å². The highest BCUT2D eigenvalue weighted by Gasteiger charge is 2.32. The van der Waals surface area contributed by atoms with E-state index in [1.165, 1.54) is 11.8 Å². The molecule has 0 fully saturated rings. The van der Waals surface area contributed by atoms with Gasteiger partial charge in [0.15, 0.2) is 0 Å². The van der Waals surface area contributed by atoms with Crippen molar-refractivity contribution in [2.24, 2.45) is 5.73 Å². The van der Waals surface area contributed by atoms with Crippen molar-refractivity contribution in [3.8, 4) is 12.1 Å². The summed E-state index contributed by atoms with van der Waals surface area (Å²) in [5.41, 5.74) is 9.24. The number of aryl methyl sites for hydroxylation is 1. The average molecular weight is 480 g/mol. The van der Waals surface area contributed by atoms with Gasteiger partial charge in [-0.05, 0) is 42.3 Å². The number of thioether (sulfide) groups is 1. The lowest BCUT2D eigenvalue weighted by atomic mass is 9.82. The third-order valence-corrected chi connectivity index (χ3v) is 6.12. The highest BCUT2D eigenvalue weighted by Crippen LogP contribution is 2.40. The fraction of sp³-hybridized carbons (Fsp3) is 0.136. The van der Waals surface area contributed by atoms with Gasteiger partial charge in [0, 0.05) is 10.2 Å². The number of nitrogens with two attached hydrogens (primary N) is 1. The second-order valence-electron chi connectivity index (χ2n) is 6.55. The quantitative estimate of drug-likeness (QED) is 0.590. The van der Waals surface area contributed by atoms with Gasteiger partial charge in [0.05, 0.1) is 40.0 Å². The van der Waals surface area contributed by atoms with Crippen LogP contribution < -0.4 is 16.4 Å². The first-order valence-electron chi connectivity index (χ1n) is 8.99. The molecule has 150 valence electrons. The number of allylic oxidation sites excluding steroid dienone is 2. The van der Waals surface area contributed by atoms with Crippen LogP contribution in [0.2, 0.25) is 0 Å². The molecule has 0 saturated carbocycles. The normalized spacial score (nSPS) is 15.8. The Morgan fingerprint density at radius 3 is 2.47 bits per heavy atom. The second-order valence-corrected chi connectivity index (χ2v) is 8.45. The number of hydrogen-bond acceptors (Lipinski definition) is 6. The second kappa shape index (κ2) is 9.53. The van der Waals surface area contributed by atoms with E-state index in [0.717, 1.165) is 15.6 Å². The van der Waals surface area contributed by atoms with Gasteiger partial charge < -0.3 is 16.4 Å². The van der Waals surface area contributed by atoms with E-state index >= 15 is 0 Å². The zero-order valence-corrected chi connectivity index (χ0v) is 18.5. The smallest absolute Gasteiger partial charge is 0.234 e. The van der Waals surface area contributed by atoms with Crippen LogP contribution in [0.15, 0.2) is 75.0 Å². The summed E-state index contributed by atoms with van der Waals surface area (Å²) in [5.74, 6) is -0.505. The minimum Gasteiger partial charge on any atom is -0.384 e. The molecule has 2 aromatic rings. The SMILES string of the molecule is Cc1ccccc1[C@@H]1C(C#N)=C(N)NC(SCC(=O)Nc2ccc(Br)cc2)=C1C#N. The van der Waals surface area contributed by atoms with E-state index in [9.17, 15) is 15.3 Å². The maximum atomic E-state index is 12.4. The Morgan fingerprint density at radius 1 is 1.17 bits per heavy atom. The number of benzene rings is 2. The number of halogens is 1. The van der Waals surface area contributed by atoms with Crippen molar-refractivity contribution in [3.05, 3.63) is 86.1 Å². The lowest BCUT2D eigenvalue weighted by Gasteiger charge is -2.27. The molecule has 0 bridgehead atoms. The summed E-state index contributed by atoms with van der Waals surface area (Å²) in [4.78, 5) is 12.4. The van der Waals surface area contributed by atoms with Crippen molar-refractivity contribution in [1.29, 1.82) is 10.5 Å². The predicted molar refractivity (Wildman–Crippen MR) is 122 cm³/mol. The first-order chi connectivity index (χ1) is 14.4. The zero-order chi connectivity index (χ0) is 21.7. The molecule has 1 amide bonds. The number of anilines is 1. The number of rotatable bonds is 5. The van der Waals surface area contributed by atoms with E-state index in [1.54, 1.807) is 12.1 Å². The molecule has 30 heavy (non-hydrogen) atoms. The van der Waals surface area contributed by atoms with Gasteiger partial charge in [0.2, 0.25) is 5.91 Å². The molecular weight excluding hydrogens is 462 g/mol. The van der Waals surface area contributed by atoms with E-state index in [-0.39, 0.29) is 17.5 Å². The van der Waals surface area contributed by atoms with E-state index in [1.807, 2.05) is 43.3 Å². The van der Waals surface area contributed by atoms with E-state index < -0.39 is 5.92 Å². The Kier molecular flexibility index (Phi) is 6.83. The van der Waals surface area contributed by atoms with Gasteiger partial charge in [0.1, 0.15) is 5.82 Å². The summed E-state index contributed by atoms with van der Waals surface area (Å²) in [6.45, 7) is 1.93. The molecule has 8 heteroatoms. The monoisotopic (exact) mass is 479 g/mol. The number of carbonyl (C=O) groups is 1. The molecule has 1 heterocycles. The van der Waals surface area contributed by atoms with Gasteiger partial charge in [-0.1, -0.05) is 52.0 Å². The highest BCUT2D eigenvalue weighted by molar-refractivity contribution is 9.10. The Hall–Kier alpha value is -3.20. The minimum absolute atomic E-state index is 0.0826. The van der Waals surface area contributed by atoms with Crippen LogP contribution in [0.1, 0.15) is 17.0 Å². The maximum Gasteiger partial charge on any atom is 0.234 e. The van der Waals surface area contributed by atoms with Crippen molar-refractivity contribution in [2.75, 3.05) is 11.1 Å². The first kappa shape index (κ1) is 21.5. The molecular formula is C22H18BrN5OS. The molecule has 0 unspecified atom stereocenters. The number of hydrogen-bond donors (Lipinski definition) is 3. The largest absolute Gasteiger partial charge is 0.384 e. The van der Waals surface area contributed by atoms with Gasteiger partial charge in [-0.25, -0.2) is 0 Å². The van der Waals surface area contributed by atoms with E-state index in [4.69, 9.17) is 5.73 Å². The minimum atomic E-state index is -0.570. The van der Waals surface area contributed by atoms with Crippen molar-refractivity contribution in [2.45, 2.75) is 12.8 Å². The summed E-state index contributed by atoms with van der Waals surface area (Å²) < 4.78 is 0.919. The topological polar surface area (TPSA) is 115 Å². The van der Waals surface area contributed by atoms with Crippen LogP contribution in [0.25, 0.3) is 0 Å². The molecule has 0 spiro atoms. The fourth-order valence-electron chi connectivity index (χ4n) is 3.13. The molecule has 2 aromatic carbocycles. The van der Waals surface area contributed by atoms with Gasteiger partial charge in [-0.2, -0.15) is 10.5 Å². The molecule has 0 aromatic heterocycles. The van der Waals surface area contributed by atoms with Crippen molar-refractivity contribution >= 4 is 39.3 Å². The summed E-state index contributed by atoms with van der Waals surface area (Å²) in [6, 6.07) is 19.2. The Bertz CT molecular complexity index is 1130. The third-order valence-electron chi connectivity index (χ3n) is 4.58. The molecule has 0 radical (unpaired) electrons. The number of nitrogens with one attached hydrogen (secondary N) is 2. The Balaban J connectivity index is 1.85. The van der Waals surface area contributed by atoms with Crippen molar-refractivity contribution < 1.29 is 4.79 Å². The number of dihydropyridines is 1. The maximum absolute atomic E-state index is 12.4. The van der Waals surface area contributed by atoms with Crippen LogP contribution in [0.4, 0.5) is 5.69 Å². The Labute approximate surface area is 187 Å². The van der Waals surface area contributed by atoms with Crippen LogP contribution in [0, 0.1) is 29.6 Å². The molecule has 1 atom stereocenters. The summed E-state index contributed by atoms with van der Waals surface area (Å²) >= 11 is 4.54. The van der Waals surface area contributed by atoms with E-state index in [0.29, 0.717) is 21.9 Å². The summed E-state index contributed by atoms with van der Waals surface area (Å²) in [5, 5.41) is 25.8. The number of nitrogens with zero attached hydrogens (tertiary/aromatic N) is 2. The average Bonchev–Trinajstić information content (AvgIpc) is 2.74. The molecule has 0 saturated heterocycles. The molecule has 3 rings (SSSR count). The van der Waals surface area contributed by atoms with E-state index in [2.05, 4.69) is 38.7 Å². The van der Waals surface area contributed by atoms with Gasteiger partial charge in [0.25, 0.3) is 0 Å².